The quantitative estimate of drug-likeness (QED) is 0.847. The van der Waals surface area contributed by atoms with Crippen LogP contribution in [0.1, 0.15) is 5.56 Å². The SMILES string of the molecule is O=C1CNCC(Cc2cc(Cl)ccc2Cl)N1. The summed E-state index contributed by atoms with van der Waals surface area (Å²) < 4.78 is 0. The van der Waals surface area contributed by atoms with Crippen LogP contribution in [-0.4, -0.2) is 25.0 Å². The zero-order valence-corrected chi connectivity index (χ0v) is 10.1. The Balaban J connectivity index is 2.08. The first kappa shape index (κ1) is 11.7. The largest absolute Gasteiger partial charge is 0.351 e. The minimum atomic E-state index is 0.0226. The first-order valence-electron chi connectivity index (χ1n) is 5.09. The summed E-state index contributed by atoms with van der Waals surface area (Å²) in [7, 11) is 0. The predicted octanol–water partition coefficient (Wildman–Crippen LogP) is 1.62. The van der Waals surface area contributed by atoms with E-state index in [0.717, 1.165) is 12.1 Å². The second-order valence-electron chi connectivity index (χ2n) is 3.84. The Labute approximate surface area is 104 Å². The van der Waals surface area contributed by atoms with Gasteiger partial charge in [0.2, 0.25) is 5.91 Å². The van der Waals surface area contributed by atoms with E-state index in [-0.39, 0.29) is 11.9 Å². The van der Waals surface area contributed by atoms with Crippen LogP contribution in [0.3, 0.4) is 0 Å². The van der Waals surface area contributed by atoms with Gasteiger partial charge in [-0.05, 0) is 30.2 Å². The van der Waals surface area contributed by atoms with Crippen molar-refractivity contribution in [3.05, 3.63) is 33.8 Å². The van der Waals surface area contributed by atoms with Gasteiger partial charge < -0.3 is 10.6 Å². The highest BCUT2D eigenvalue weighted by Crippen LogP contribution is 2.22. The molecule has 1 saturated heterocycles. The Hall–Kier alpha value is -0.770. The fourth-order valence-corrected chi connectivity index (χ4v) is 2.17. The average molecular weight is 259 g/mol. The Morgan fingerprint density at radius 3 is 2.94 bits per heavy atom. The summed E-state index contributed by atoms with van der Waals surface area (Å²) in [5.41, 5.74) is 0.961. The number of rotatable bonds is 2. The van der Waals surface area contributed by atoms with Crippen molar-refractivity contribution in [1.82, 2.24) is 10.6 Å². The van der Waals surface area contributed by atoms with Gasteiger partial charge in [0.1, 0.15) is 0 Å². The van der Waals surface area contributed by atoms with Gasteiger partial charge in [-0.3, -0.25) is 4.79 Å². The number of piperazine rings is 1. The van der Waals surface area contributed by atoms with Gasteiger partial charge in [-0.25, -0.2) is 0 Å². The van der Waals surface area contributed by atoms with E-state index in [2.05, 4.69) is 10.6 Å². The molecule has 1 aromatic rings. The number of carbonyl (C=O) groups excluding carboxylic acids is 1. The molecule has 1 aliphatic rings. The van der Waals surface area contributed by atoms with Crippen LogP contribution in [-0.2, 0) is 11.2 Å². The monoisotopic (exact) mass is 258 g/mol. The fourth-order valence-electron chi connectivity index (χ4n) is 1.78. The van der Waals surface area contributed by atoms with Gasteiger partial charge in [-0.2, -0.15) is 0 Å². The van der Waals surface area contributed by atoms with Crippen molar-refractivity contribution in [2.75, 3.05) is 13.1 Å². The first-order chi connectivity index (χ1) is 7.65. The second-order valence-corrected chi connectivity index (χ2v) is 4.68. The lowest BCUT2D eigenvalue weighted by molar-refractivity contribution is -0.122. The first-order valence-corrected chi connectivity index (χ1v) is 5.85. The van der Waals surface area contributed by atoms with Crippen LogP contribution >= 0.6 is 23.2 Å². The van der Waals surface area contributed by atoms with Crippen LogP contribution in [0.5, 0.6) is 0 Å². The van der Waals surface area contributed by atoms with E-state index in [9.17, 15) is 4.79 Å². The second kappa shape index (κ2) is 5.04. The molecule has 0 spiro atoms. The highest BCUT2D eigenvalue weighted by molar-refractivity contribution is 6.33. The van der Waals surface area contributed by atoms with Gasteiger partial charge in [0.05, 0.1) is 6.54 Å². The van der Waals surface area contributed by atoms with Crippen molar-refractivity contribution in [2.24, 2.45) is 0 Å². The van der Waals surface area contributed by atoms with E-state index >= 15 is 0 Å². The van der Waals surface area contributed by atoms with Crippen molar-refractivity contribution >= 4 is 29.1 Å². The number of hydrogen-bond acceptors (Lipinski definition) is 2. The molecule has 0 saturated carbocycles. The molecule has 1 fully saturated rings. The third-order valence-corrected chi connectivity index (χ3v) is 3.12. The normalized spacial score (nSPS) is 20.6. The smallest absolute Gasteiger partial charge is 0.234 e. The summed E-state index contributed by atoms with van der Waals surface area (Å²) in [6.45, 7) is 1.15. The molecule has 2 N–H and O–H groups in total. The Morgan fingerprint density at radius 2 is 2.19 bits per heavy atom. The van der Waals surface area contributed by atoms with E-state index in [1.54, 1.807) is 12.1 Å². The molecule has 1 unspecified atom stereocenters. The summed E-state index contributed by atoms with van der Waals surface area (Å²) in [4.78, 5) is 11.2. The topological polar surface area (TPSA) is 41.1 Å². The summed E-state index contributed by atoms with van der Waals surface area (Å²) in [6, 6.07) is 5.45. The van der Waals surface area contributed by atoms with Crippen LogP contribution in [0.2, 0.25) is 10.0 Å². The van der Waals surface area contributed by atoms with Gasteiger partial charge in [0, 0.05) is 22.6 Å². The molecule has 86 valence electrons. The number of amides is 1. The molecule has 0 bridgehead atoms. The van der Waals surface area contributed by atoms with Crippen LogP contribution in [0.4, 0.5) is 0 Å². The van der Waals surface area contributed by atoms with Gasteiger partial charge in [0.15, 0.2) is 0 Å². The molecular weight excluding hydrogens is 247 g/mol. The molecule has 16 heavy (non-hydrogen) atoms. The van der Waals surface area contributed by atoms with Gasteiger partial charge in [-0.15, -0.1) is 0 Å². The molecule has 1 atom stereocenters. The Morgan fingerprint density at radius 1 is 1.38 bits per heavy atom. The minimum Gasteiger partial charge on any atom is -0.351 e. The molecule has 0 aliphatic carbocycles. The molecule has 0 aromatic heterocycles. The lowest BCUT2D eigenvalue weighted by Crippen LogP contribution is -2.52. The van der Waals surface area contributed by atoms with Gasteiger partial charge >= 0.3 is 0 Å². The van der Waals surface area contributed by atoms with Crippen molar-refractivity contribution in [3.8, 4) is 0 Å². The highest BCUT2D eigenvalue weighted by atomic mass is 35.5. The molecule has 1 amide bonds. The third kappa shape index (κ3) is 2.88. The third-order valence-electron chi connectivity index (χ3n) is 2.52. The molecule has 1 aromatic carbocycles. The van der Waals surface area contributed by atoms with Crippen molar-refractivity contribution in [3.63, 3.8) is 0 Å². The van der Waals surface area contributed by atoms with Crippen molar-refractivity contribution in [1.29, 1.82) is 0 Å². The van der Waals surface area contributed by atoms with Gasteiger partial charge in [-0.1, -0.05) is 23.2 Å². The average Bonchev–Trinajstić information content (AvgIpc) is 2.24. The highest BCUT2D eigenvalue weighted by Gasteiger charge is 2.18. The molecule has 3 nitrogen and oxygen atoms in total. The fraction of sp³-hybridized carbons (Fsp3) is 0.364. The summed E-state index contributed by atoms with van der Waals surface area (Å²) in [6.07, 6.45) is 0.693. The van der Waals surface area contributed by atoms with Crippen molar-refractivity contribution < 1.29 is 4.79 Å². The summed E-state index contributed by atoms with van der Waals surface area (Å²) >= 11 is 12.0. The van der Waals surface area contributed by atoms with Gasteiger partial charge in [0.25, 0.3) is 0 Å². The number of hydrogen-bond donors (Lipinski definition) is 2. The van der Waals surface area contributed by atoms with E-state index in [1.165, 1.54) is 0 Å². The van der Waals surface area contributed by atoms with E-state index in [4.69, 9.17) is 23.2 Å². The maximum Gasteiger partial charge on any atom is 0.234 e. The molecule has 1 heterocycles. The van der Waals surface area contributed by atoms with E-state index in [0.29, 0.717) is 23.0 Å². The Kier molecular flexibility index (Phi) is 3.69. The molecule has 1 aliphatic heterocycles. The molecule has 5 heteroatoms. The van der Waals surface area contributed by atoms with Crippen LogP contribution in [0, 0.1) is 0 Å². The molecule has 0 radical (unpaired) electrons. The van der Waals surface area contributed by atoms with E-state index < -0.39 is 0 Å². The minimum absolute atomic E-state index is 0.0226. The van der Waals surface area contributed by atoms with Crippen LogP contribution in [0.25, 0.3) is 0 Å². The lowest BCUT2D eigenvalue weighted by Gasteiger charge is -2.24. The number of carbonyl (C=O) groups is 1. The van der Waals surface area contributed by atoms with Crippen LogP contribution in [0.15, 0.2) is 18.2 Å². The maximum atomic E-state index is 11.2. The predicted molar refractivity (Wildman–Crippen MR) is 65.0 cm³/mol. The number of benzene rings is 1. The maximum absolute atomic E-state index is 11.2. The summed E-state index contributed by atoms with van der Waals surface area (Å²) in [5, 5.41) is 7.31. The standard InChI is InChI=1S/C11H12Cl2N2O/c12-8-1-2-10(13)7(3-8)4-9-5-14-6-11(16)15-9/h1-3,9,14H,4-6H2,(H,15,16). The van der Waals surface area contributed by atoms with Crippen molar-refractivity contribution in [2.45, 2.75) is 12.5 Å². The zero-order chi connectivity index (χ0) is 11.5. The van der Waals surface area contributed by atoms with E-state index in [1.807, 2.05) is 6.07 Å². The molecule has 2 rings (SSSR count). The molecular formula is C11H12Cl2N2O. The van der Waals surface area contributed by atoms with Crippen LogP contribution < -0.4 is 10.6 Å². The number of nitrogens with one attached hydrogen (secondary N) is 2. The lowest BCUT2D eigenvalue weighted by atomic mass is 10.0. The summed E-state index contributed by atoms with van der Waals surface area (Å²) in [5.74, 6) is 0.0226. The zero-order valence-electron chi connectivity index (χ0n) is 8.59. The Bertz CT molecular complexity index is 409. The number of halogens is 2.